The number of hydrogen-bond donors (Lipinski definition) is 2. The van der Waals surface area contributed by atoms with Crippen molar-refractivity contribution >= 4 is 11.8 Å². The first-order chi connectivity index (χ1) is 17.9. The number of rotatable bonds is 7. The Hall–Kier alpha value is -3.52. The number of nitrogens with zero attached hydrogens (tertiary/aromatic N) is 2. The summed E-state index contributed by atoms with van der Waals surface area (Å²) in [6.07, 6.45) is 6.34. The fraction of sp³-hybridized carbons (Fsp3) is 0.414. The van der Waals surface area contributed by atoms with Crippen molar-refractivity contribution in [3.63, 3.8) is 0 Å². The molecule has 0 amide bonds. The van der Waals surface area contributed by atoms with Gasteiger partial charge in [-0.25, -0.2) is 9.37 Å². The van der Waals surface area contributed by atoms with Gasteiger partial charge in [0, 0.05) is 17.9 Å². The number of aliphatic carboxylic acids is 1. The van der Waals surface area contributed by atoms with Crippen molar-refractivity contribution in [1.29, 1.82) is 0 Å². The smallest absolute Gasteiger partial charge is 0.307 e. The molecule has 0 spiro atoms. The Morgan fingerprint density at radius 2 is 1.97 bits per heavy atom. The zero-order valence-electron chi connectivity index (χ0n) is 21.0. The molecule has 7 nitrogen and oxygen atoms in total. The quantitative estimate of drug-likeness (QED) is 0.449. The number of carboxylic acid groups (broad SMARTS) is 1. The Bertz CT molecular complexity index is 1330. The molecule has 6 rings (SSSR count). The molecule has 1 aromatic heterocycles. The lowest BCUT2D eigenvalue weighted by Crippen LogP contribution is -2.15. The SMILES string of the molecule is Cc1cc(O[C@@H]2CCOC2)cc(C)c1-c1ccc(F)c2c1CC[C@H]2Nc1cnc([C@H]2C[C@@H]2C(=O)O)cn1. The third-order valence-electron chi connectivity index (χ3n) is 7.78. The van der Waals surface area contributed by atoms with Gasteiger partial charge in [0.1, 0.15) is 23.5 Å². The minimum absolute atomic E-state index is 0.0685. The van der Waals surface area contributed by atoms with Crippen LogP contribution in [-0.4, -0.2) is 40.4 Å². The van der Waals surface area contributed by atoms with Gasteiger partial charge in [0.05, 0.1) is 43.3 Å². The zero-order chi connectivity index (χ0) is 25.7. The Morgan fingerprint density at radius 1 is 1.16 bits per heavy atom. The van der Waals surface area contributed by atoms with Crippen LogP contribution in [0.4, 0.5) is 10.2 Å². The van der Waals surface area contributed by atoms with Gasteiger partial charge in [0.25, 0.3) is 0 Å². The van der Waals surface area contributed by atoms with Crippen LogP contribution in [0.2, 0.25) is 0 Å². The molecule has 4 atom stereocenters. The molecule has 0 unspecified atom stereocenters. The number of benzene rings is 2. The molecule has 0 radical (unpaired) electrons. The normalized spacial score (nSPS) is 24.1. The molecule has 0 bridgehead atoms. The van der Waals surface area contributed by atoms with E-state index < -0.39 is 5.97 Å². The molecule has 1 saturated heterocycles. The molecule has 2 aliphatic carbocycles. The average Bonchev–Trinajstić information content (AvgIpc) is 3.30. The van der Waals surface area contributed by atoms with Crippen LogP contribution in [0.3, 0.4) is 0 Å². The van der Waals surface area contributed by atoms with Gasteiger partial charge in [-0.15, -0.1) is 0 Å². The zero-order valence-corrected chi connectivity index (χ0v) is 21.0. The number of aromatic nitrogens is 2. The predicted molar refractivity (Wildman–Crippen MR) is 136 cm³/mol. The van der Waals surface area contributed by atoms with Crippen LogP contribution in [0.1, 0.15) is 59.2 Å². The monoisotopic (exact) mass is 503 g/mol. The highest BCUT2D eigenvalue weighted by Crippen LogP contribution is 2.47. The number of anilines is 1. The summed E-state index contributed by atoms with van der Waals surface area (Å²) in [7, 11) is 0. The molecule has 8 heteroatoms. The first-order valence-corrected chi connectivity index (χ1v) is 12.9. The van der Waals surface area contributed by atoms with Gasteiger partial charge in [0.15, 0.2) is 0 Å². The Labute approximate surface area is 215 Å². The summed E-state index contributed by atoms with van der Waals surface area (Å²) in [5.74, 6) is -0.0530. The molecule has 3 aromatic rings. The summed E-state index contributed by atoms with van der Waals surface area (Å²) in [6.45, 7) is 5.51. The molecule has 1 saturated carbocycles. The molecule has 2 fully saturated rings. The van der Waals surface area contributed by atoms with E-state index in [0.717, 1.165) is 59.4 Å². The second-order valence-electron chi connectivity index (χ2n) is 10.4. The molecular formula is C29H30FN3O4. The maximum atomic E-state index is 15.2. The van der Waals surface area contributed by atoms with E-state index in [1.54, 1.807) is 18.5 Å². The largest absolute Gasteiger partial charge is 0.488 e. The highest BCUT2D eigenvalue weighted by atomic mass is 19.1. The maximum Gasteiger partial charge on any atom is 0.307 e. The number of hydrogen-bond acceptors (Lipinski definition) is 6. The maximum absolute atomic E-state index is 15.2. The number of carbonyl (C=O) groups is 1. The lowest BCUT2D eigenvalue weighted by molar-refractivity contribution is -0.138. The van der Waals surface area contributed by atoms with Crippen molar-refractivity contribution in [2.24, 2.45) is 5.92 Å². The summed E-state index contributed by atoms with van der Waals surface area (Å²) < 4.78 is 26.7. The van der Waals surface area contributed by atoms with Gasteiger partial charge >= 0.3 is 5.97 Å². The lowest BCUT2D eigenvalue weighted by atomic mass is 9.90. The third-order valence-corrected chi connectivity index (χ3v) is 7.78. The number of halogens is 1. The van der Waals surface area contributed by atoms with Crippen molar-refractivity contribution in [3.05, 3.63) is 70.4 Å². The van der Waals surface area contributed by atoms with E-state index in [2.05, 4.69) is 41.3 Å². The summed E-state index contributed by atoms with van der Waals surface area (Å²) in [5.41, 5.74) is 6.76. The summed E-state index contributed by atoms with van der Waals surface area (Å²) in [5, 5.41) is 12.5. The first kappa shape index (κ1) is 23.9. The van der Waals surface area contributed by atoms with Crippen molar-refractivity contribution in [1.82, 2.24) is 9.97 Å². The first-order valence-electron chi connectivity index (χ1n) is 12.9. The van der Waals surface area contributed by atoms with Gasteiger partial charge in [0.2, 0.25) is 0 Å². The Balaban J connectivity index is 1.24. The minimum Gasteiger partial charge on any atom is -0.488 e. The summed E-state index contributed by atoms with van der Waals surface area (Å²) in [4.78, 5) is 20.0. The number of fused-ring (bicyclic) bond motifs is 1. The van der Waals surface area contributed by atoms with Crippen molar-refractivity contribution in [3.8, 4) is 16.9 Å². The van der Waals surface area contributed by atoms with Crippen LogP contribution in [0, 0.1) is 25.6 Å². The number of nitrogens with one attached hydrogen (secondary N) is 1. The molecule has 37 heavy (non-hydrogen) atoms. The van der Waals surface area contributed by atoms with Gasteiger partial charge in [-0.1, -0.05) is 6.07 Å². The highest BCUT2D eigenvalue weighted by Gasteiger charge is 2.45. The molecule has 192 valence electrons. The number of carboxylic acids is 1. The van der Waals surface area contributed by atoms with Crippen LogP contribution in [0.15, 0.2) is 36.7 Å². The minimum atomic E-state index is -0.793. The van der Waals surface area contributed by atoms with Crippen LogP contribution < -0.4 is 10.1 Å². The lowest BCUT2D eigenvalue weighted by Gasteiger charge is -2.20. The number of ether oxygens (including phenoxy) is 2. The fourth-order valence-corrected chi connectivity index (χ4v) is 5.89. The standard InChI is InChI=1S/C29H30FN3O4/c1-15-9-18(37-17-7-8-36-14-17)10-16(2)27(15)19-3-5-23(30)28-20(19)4-6-24(28)33-26-13-31-25(12-32-26)21-11-22(21)29(34)35/h3,5,9-10,12-13,17,21-22,24H,4,6-8,11,14H2,1-2H3,(H,32,33)(H,34,35)/t17-,21+,22+,24-/m1/s1. The van der Waals surface area contributed by atoms with Gasteiger partial charge in [-0.05, 0) is 79.1 Å². The van der Waals surface area contributed by atoms with E-state index in [0.29, 0.717) is 30.1 Å². The van der Waals surface area contributed by atoms with E-state index >= 15 is 4.39 Å². The predicted octanol–water partition coefficient (Wildman–Crippen LogP) is 5.35. The van der Waals surface area contributed by atoms with E-state index in [-0.39, 0.29) is 29.8 Å². The fourth-order valence-electron chi connectivity index (χ4n) is 5.89. The van der Waals surface area contributed by atoms with E-state index in [4.69, 9.17) is 14.6 Å². The van der Waals surface area contributed by atoms with Crippen LogP contribution in [0.5, 0.6) is 5.75 Å². The topological polar surface area (TPSA) is 93.6 Å². The van der Waals surface area contributed by atoms with Crippen molar-refractivity contribution < 1.29 is 23.8 Å². The Morgan fingerprint density at radius 3 is 2.62 bits per heavy atom. The van der Waals surface area contributed by atoms with Crippen LogP contribution >= 0.6 is 0 Å². The second-order valence-corrected chi connectivity index (χ2v) is 10.4. The van der Waals surface area contributed by atoms with Crippen LogP contribution in [-0.2, 0) is 16.0 Å². The van der Waals surface area contributed by atoms with Gasteiger partial charge < -0.3 is 19.9 Å². The second kappa shape index (κ2) is 9.41. The summed E-state index contributed by atoms with van der Waals surface area (Å²) in [6, 6.07) is 7.36. The average molecular weight is 504 g/mol. The molecule has 2 N–H and O–H groups in total. The molecule has 3 aliphatic rings. The van der Waals surface area contributed by atoms with E-state index in [9.17, 15) is 4.79 Å². The van der Waals surface area contributed by atoms with E-state index in [1.807, 2.05) is 6.07 Å². The van der Waals surface area contributed by atoms with Gasteiger partial charge in [-0.3, -0.25) is 9.78 Å². The molecule has 2 heterocycles. The Kier molecular flexibility index (Phi) is 6.07. The van der Waals surface area contributed by atoms with Crippen molar-refractivity contribution in [2.75, 3.05) is 18.5 Å². The third kappa shape index (κ3) is 4.55. The number of aryl methyl sites for hydroxylation is 2. The summed E-state index contributed by atoms with van der Waals surface area (Å²) >= 11 is 0. The molecular weight excluding hydrogens is 473 g/mol. The molecule has 2 aromatic carbocycles. The highest BCUT2D eigenvalue weighted by molar-refractivity contribution is 5.77. The van der Waals surface area contributed by atoms with Crippen LogP contribution in [0.25, 0.3) is 11.1 Å². The van der Waals surface area contributed by atoms with Crippen molar-refractivity contribution in [2.45, 2.75) is 57.6 Å². The van der Waals surface area contributed by atoms with Gasteiger partial charge in [-0.2, -0.15) is 0 Å². The van der Waals surface area contributed by atoms with E-state index in [1.165, 1.54) is 0 Å². The molecule has 1 aliphatic heterocycles.